The van der Waals surface area contributed by atoms with Crippen LogP contribution in [0.25, 0.3) is 0 Å². The molecule has 1 aliphatic heterocycles. The summed E-state index contributed by atoms with van der Waals surface area (Å²) in [7, 11) is 3.08. The molecule has 1 N–H and O–H groups in total. The van der Waals surface area contributed by atoms with E-state index >= 15 is 0 Å². The Morgan fingerprint density at radius 3 is 2.64 bits per heavy atom. The Labute approximate surface area is 167 Å². The number of carbonyl (C=O) groups excluding carboxylic acids is 3. The standard InChI is InChI=1S/C19H22N4O4S/c1-11-12(2)23(7-8-27-4)19(20-11)28-10-16(24)21-13-5-6-14-15(9-13)18(26)22(3)17(14)25/h5-6,9H,7-8,10H2,1-4H3,(H,21,24). The summed E-state index contributed by atoms with van der Waals surface area (Å²) in [6.45, 7) is 5.15. The Morgan fingerprint density at radius 1 is 1.21 bits per heavy atom. The van der Waals surface area contributed by atoms with Crippen LogP contribution in [0.1, 0.15) is 32.1 Å². The molecule has 0 saturated carbocycles. The van der Waals surface area contributed by atoms with Crippen LogP contribution in [0, 0.1) is 13.8 Å². The van der Waals surface area contributed by atoms with Gasteiger partial charge in [-0.3, -0.25) is 19.3 Å². The summed E-state index contributed by atoms with van der Waals surface area (Å²) in [6, 6.07) is 4.72. The fourth-order valence-corrected chi connectivity index (χ4v) is 3.86. The van der Waals surface area contributed by atoms with Crippen LogP contribution in [0.2, 0.25) is 0 Å². The maximum absolute atomic E-state index is 12.4. The first-order chi connectivity index (χ1) is 13.3. The fraction of sp³-hybridized carbons (Fsp3) is 0.368. The topological polar surface area (TPSA) is 93.5 Å². The van der Waals surface area contributed by atoms with Crippen LogP contribution in [-0.2, 0) is 16.1 Å². The molecule has 0 saturated heterocycles. The van der Waals surface area contributed by atoms with Crippen molar-refractivity contribution in [3.05, 3.63) is 40.7 Å². The molecule has 0 radical (unpaired) electrons. The number of hydrogen-bond donors (Lipinski definition) is 1. The van der Waals surface area contributed by atoms with Gasteiger partial charge < -0.3 is 14.6 Å². The van der Waals surface area contributed by atoms with Crippen molar-refractivity contribution in [1.29, 1.82) is 0 Å². The van der Waals surface area contributed by atoms with E-state index in [9.17, 15) is 14.4 Å². The maximum Gasteiger partial charge on any atom is 0.261 e. The fourth-order valence-electron chi connectivity index (χ4n) is 2.95. The van der Waals surface area contributed by atoms with Crippen molar-refractivity contribution in [1.82, 2.24) is 14.5 Å². The van der Waals surface area contributed by atoms with Gasteiger partial charge in [0.05, 0.1) is 29.2 Å². The summed E-state index contributed by atoms with van der Waals surface area (Å²) in [5, 5.41) is 3.54. The molecule has 148 valence electrons. The van der Waals surface area contributed by atoms with Crippen LogP contribution in [0.4, 0.5) is 5.69 Å². The zero-order valence-electron chi connectivity index (χ0n) is 16.2. The molecule has 28 heavy (non-hydrogen) atoms. The third-order valence-electron chi connectivity index (χ3n) is 4.65. The number of imide groups is 1. The number of aryl methyl sites for hydroxylation is 1. The van der Waals surface area contributed by atoms with E-state index in [0.717, 1.165) is 21.4 Å². The normalized spacial score (nSPS) is 13.2. The van der Waals surface area contributed by atoms with Crippen molar-refractivity contribution in [3.63, 3.8) is 0 Å². The molecule has 0 unspecified atom stereocenters. The number of nitrogens with zero attached hydrogens (tertiary/aromatic N) is 3. The lowest BCUT2D eigenvalue weighted by atomic mass is 10.1. The summed E-state index contributed by atoms with van der Waals surface area (Å²) < 4.78 is 7.17. The average molecular weight is 402 g/mol. The van der Waals surface area contributed by atoms with Crippen LogP contribution >= 0.6 is 11.8 Å². The number of anilines is 1. The predicted octanol–water partition coefficient (Wildman–Crippen LogP) is 2.10. The molecule has 3 rings (SSSR count). The summed E-state index contributed by atoms with van der Waals surface area (Å²) in [6.07, 6.45) is 0. The van der Waals surface area contributed by atoms with Crippen molar-refractivity contribution >= 4 is 35.2 Å². The maximum atomic E-state index is 12.4. The molecule has 8 nitrogen and oxygen atoms in total. The van der Waals surface area contributed by atoms with E-state index in [-0.39, 0.29) is 23.5 Å². The number of hydrogen-bond acceptors (Lipinski definition) is 6. The van der Waals surface area contributed by atoms with E-state index in [4.69, 9.17) is 4.74 Å². The second kappa shape index (κ2) is 8.15. The average Bonchev–Trinajstić information content (AvgIpc) is 3.07. The number of nitrogens with one attached hydrogen (secondary N) is 1. The highest BCUT2D eigenvalue weighted by Crippen LogP contribution is 2.25. The number of ether oxygens (including phenoxy) is 1. The number of aromatic nitrogens is 2. The highest BCUT2D eigenvalue weighted by atomic mass is 32.2. The summed E-state index contributed by atoms with van der Waals surface area (Å²) >= 11 is 1.34. The molecule has 2 aromatic rings. The number of rotatable bonds is 7. The highest BCUT2D eigenvalue weighted by molar-refractivity contribution is 7.99. The number of imidazole rings is 1. The van der Waals surface area contributed by atoms with Crippen LogP contribution in [-0.4, -0.2) is 58.7 Å². The van der Waals surface area contributed by atoms with Crippen molar-refractivity contribution in [3.8, 4) is 0 Å². The molecule has 2 heterocycles. The molecule has 0 spiro atoms. The van der Waals surface area contributed by atoms with E-state index in [1.54, 1.807) is 19.2 Å². The third-order valence-corrected chi connectivity index (χ3v) is 5.62. The quantitative estimate of drug-likeness (QED) is 0.563. The molecule has 0 aliphatic carbocycles. The molecule has 0 bridgehead atoms. The lowest BCUT2D eigenvalue weighted by Gasteiger charge is -2.09. The molecular formula is C19H22N4O4S. The Bertz CT molecular complexity index is 954. The van der Waals surface area contributed by atoms with Crippen LogP contribution in [0.15, 0.2) is 23.4 Å². The zero-order valence-corrected chi connectivity index (χ0v) is 17.1. The molecule has 9 heteroatoms. The summed E-state index contributed by atoms with van der Waals surface area (Å²) in [5.74, 6) is -0.738. The molecule has 1 aromatic carbocycles. The summed E-state index contributed by atoms with van der Waals surface area (Å²) in [4.78, 5) is 42.0. The van der Waals surface area contributed by atoms with Crippen LogP contribution < -0.4 is 5.32 Å². The molecule has 0 atom stereocenters. The number of fused-ring (bicyclic) bond motifs is 1. The lowest BCUT2D eigenvalue weighted by Crippen LogP contribution is -2.24. The zero-order chi connectivity index (χ0) is 20.4. The summed E-state index contributed by atoms with van der Waals surface area (Å²) in [5.41, 5.74) is 3.11. The van der Waals surface area contributed by atoms with Gasteiger partial charge in [-0.15, -0.1) is 0 Å². The van der Waals surface area contributed by atoms with Crippen LogP contribution in [0.5, 0.6) is 0 Å². The van der Waals surface area contributed by atoms with Crippen molar-refractivity contribution in [2.75, 3.05) is 31.8 Å². The molecule has 3 amide bonds. The predicted molar refractivity (Wildman–Crippen MR) is 106 cm³/mol. The second-order valence-corrected chi connectivity index (χ2v) is 7.42. The Morgan fingerprint density at radius 2 is 1.93 bits per heavy atom. The van der Waals surface area contributed by atoms with Gasteiger partial charge in [0.15, 0.2) is 5.16 Å². The number of amides is 3. The number of thioether (sulfide) groups is 1. The number of carbonyl (C=O) groups is 3. The Kier molecular flexibility index (Phi) is 5.85. The first-order valence-corrected chi connectivity index (χ1v) is 9.73. The minimum atomic E-state index is -0.364. The van der Waals surface area contributed by atoms with E-state index in [0.29, 0.717) is 30.0 Å². The number of methoxy groups -OCH3 is 1. The van der Waals surface area contributed by atoms with Crippen molar-refractivity contribution in [2.45, 2.75) is 25.5 Å². The molecular weight excluding hydrogens is 380 g/mol. The largest absolute Gasteiger partial charge is 0.383 e. The van der Waals surface area contributed by atoms with Gasteiger partial charge in [0.1, 0.15) is 0 Å². The smallest absolute Gasteiger partial charge is 0.261 e. The molecule has 1 aromatic heterocycles. The second-order valence-electron chi connectivity index (χ2n) is 6.48. The highest BCUT2D eigenvalue weighted by Gasteiger charge is 2.32. The van der Waals surface area contributed by atoms with E-state index in [1.807, 2.05) is 18.4 Å². The number of benzene rings is 1. The van der Waals surface area contributed by atoms with Gasteiger partial charge in [-0.25, -0.2) is 4.98 Å². The Hall–Kier alpha value is -2.65. The van der Waals surface area contributed by atoms with Gasteiger partial charge in [0.2, 0.25) is 5.91 Å². The van der Waals surface area contributed by atoms with Gasteiger partial charge in [-0.05, 0) is 32.0 Å². The first kappa shape index (κ1) is 20.1. The van der Waals surface area contributed by atoms with Crippen LogP contribution in [0.3, 0.4) is 0 Å². The van der Waals surface area contributed by atoms with Gasteiger partial charge >= 0.3 is 0 Å². The lowest BCUT2D eigenvalue weighted by molar-refractivity contribution is -0.113. The van der Waals surface area contributed by atoms with Gasteiger partial charge in [-0.1, -0.05) is 11.8 Å². The SMILES string of the molecule is COCCn1c(SCC(=O)Nc2ccc3c(c2)C(=O)N(C)C3=O)nc(C)c1C. The van der Waals surface area contributed by atoms with E-state index in [2.05, 4.69) is 10.3 Å². The van der Waals surface area contributed by atoms with E-state index in [1.165, 1.54) is 24.9 Å². The third kappa shape index (κ3) is 3.81. The monoisotopic (exact) mass is 402 g/mol. The minimum absolute atomic E-state index is 0.173. The molecule has 0 fully saturated rings. The van der Waals surface area contributed by atoms with Gasteiger partial charge in [-0.2, -0.15) is 0 Å². The first-order valence-electron chi connectivity index (χ1n) is 8.75. The van der Waals surface area contributed by atoms with Crippen molar-refractivity contribution in [2.24, 2.45) is 0 Å². The van der Waals surface area contributed by atoms with Gasteiger partial charge in [0.25, 0.3) is 11.8 Å². The molecule has 1 aliphatic rings. The van der Waals surface area contributed by atoms with E-state index < -0.39 is 0 Å². The minimum Gasteiger partial charge on any atom is -0.383 e. The van der Waals surface area contributed by atoms with Crippen molar-refractivity contribution < 1.29 is 19.1 Å². The van der Waals surface area contributed by atoms with Gasteiger partial charge in [0, 0.05) is 32.1 Å². The Balaban J connectivity index is 1.66.